The van der Waals surface area contributed by atoms with E-state index in [4.69, 9.17) is 0 Å². The topological polar surface area (TPSA) is 44.8 Å². The van der Waals surface area contributed by atoms with Crippen LogP contribution in [0.5, 0.6) is 0 Å². The molecule has 0 radical (unpaired) electrons. The zero-order chi connectivity index (χ0) is 11.5. The SMILES string of the molecule is CCN(CC(C)C)c1ncnc2[nH]ccc12. The minimum absolute atomic E-state index is 0.629. The van der Waals surface area contributed by atoms with Crippen LogP contribution in [0.1, 0.15) is 20.8 Å². The number of aromatic nitrogens is 3. The molecule has 16 heavy (non-hydrogen) atoms. The van der Waals surface area contributed by atoms with Crippen LogP contribution < -0.4 is 4.90 Å². The average Bonchev–Trinajstić information content (AvgIpc) is 2.73. The molecule has 0 fully saturated rings. The van der Waals surface area contributed by atoms with Crippen LogP contribution in [0, 0.1) is 5.92 Å². The van der Waals surface area contributed by atoms with Gasteiger partial charge in [0.1, 0.15) is 17.8 Å². The van der Waals surface area contributed by atoms with Gasteiger partial charge in [0.25, 0.3) is 0 Å². The van der Waals surface area contributed by atoms with Gasteiger partial charge in [0.2, 0.25) is 0 Å². The molecule has 0 aliphatic heterocycles. The number of anilines is 1. The summed E-state index contributed by atoms with van der Waals surface area (Å²) in [4.78, 5) is 14.0. The van der Waals surface area contributed by atoms with Crippen LogP contribution >= 0.6 is 0 Å². The fourth-order valence-electron chi connectivity index (χ4n) is 1.92. The molecule has 4 nitrogen and oxygen atoms in total. The van der Waals surface area contributed by atoms with Gasteiger partial charge in [0, 0.05) is 19.3 Å². The average molecular weight is 218 g/mol. The Labute approximate surface area is 95.7 Å². The number of hydrogen-bond acceptors (Lipinski definition) is 3. The van der Waals surface area contributed by atoms with Crippen molar-refractivity contribution in [3.63, 3.8) is 0 Å². The summed E-state index contributed by atoms with van der Waals surface area (Å²) in [5.41, 5.74) is 0.909. The molecule has 0 saturated heterocycles. The maximum absolute atomic E-state index is 4.40. The first kappa shape index (κ1) is 10.9. The molecule has 0 aliphatic rings. The molecule has 2 aromatic rings. The third-order valence-electron chi connectivity index (χ3n) is 2.60. The summed E-state index contributed by atoms with van der Waals surface area (Å²) in [7, 11) is 0. The third-order valence-corrected chi connectivity index (χ3v) is 2.60. The fourth-order valence-corrected chi connectivity index (χ4v) is 1.92. The number of H-pyrrole nitrogens is 1. The largest absolute Gasteiger partial charge is 0.356 e. The molecule has 2 heterocycles. The van der Waals surface area contributed by atoms with Crippen LogP contribution in [0.15, 0.2) is 18.6 Å². The second-order valence-corrected chi connectivity index (χ2v) is 4.37. The van der Waals surface area contributed by atoms with Crippen LogP contribution in [0.4, 0.5) is 5.82 Å². The molecule has 0 aromatic carbocycles. The predicted molar refractivity (Wildman–Crippen MR) is 66.6 cm³/mol. The van der Waals surface area contributed by atoms with Crippen LogP contribution in [-0.2, 0) is 0 Å². The summed E-state index contributed by atoms with van der Waals surface area (Å²) in [6.45, 7) is 8.59. The van der Waals surface area contributed by atoms with E-state index in [1.807, 2.05) is 12.3 Å². The van der Waals surface area contributed by atoms with E-state index in [1.54, 1.807) is 6.33 Å². The van der Waals surface area contributed by atoms with Crippen molar-refractivity contribution in [1.82, 2.24) is 15.0 Å². The number of fused-ring (bicyclic) bond motifs is 1. The Morgan fingerprint density at radius 3 is 2.88 bits per heavy atom. The Morgan fingerprint density at radius 2 is 2.19 bits per heavy atom. The van der Waals surface area contributed by atoms with E-state index >= 15 is 0 Å². The highest BCUT2D eigenvalue weighted by Crippen LogP contribution is 2.22. The maximum Gasteiger partial charge on any atom is 0.142 e. The molecule has 2 rings (SSSR count). The van der Waals surface area contributed by atoms with Crippen molar-refractivity contribution in [2.75, 3.05) is 18.0 Å². The van der Waals surface area contributed by atoms with Gasteiger partial charge < -0.3 is 9.88 Å². The number of hydrogen-bond donors (Lipinski definition) is 1. The molecule has 2 aromatic heterocycles. The van der Waals surface area contributed by atoms with Crippen LogP contribution in [0.2, 0.25) is 0 Å². The fraction of sp³-hybridized carbons (Fsp3) is 0.500. The first-order valence-electron chi connectivity index (χ1n) is 5.75. The molecule has 0 aliphatic carbocycles. The van der Waals surface area contributed by atoms with Crippen molar-refractivity contribution in [1.29, 1.82) is 0 Å². The van der Waals surface area contributed by atoms with Gasteiger partial charge in [-0.15, -0.1) is 0 Å². The van der Waals surface area contributed by atoms with Crippen molar-refractivity contribution in [2.24, 2.45) is 5.92 Å². The highest BCUT2D eigenvalue weighted by Gasteiger charge is 2.12. The molecule has 0 unspecified atom stereocenters. The standard InChI is InChI=1S/C12H18N4/c1-4-16(7-9(2)3)12-10-5-6-13-11(10)14-8-15-12/h5-6,8-9H,4,7H2,1-3H3,(H,13,14,15). The first-order valence-corrected chi connectivity index (χ1v) is 5.75. The molecular formula is C12H18N4. The van der Waals surface area contributed by atoms with Crippen LogP contribution in [0.3, 0.4) is 0 Å². The Balaban J connectivity index is 2.40. The quantitative estimate of drug-likeness (QED) is 0.857. The van der Waals surface area contributed by atoms with E-state index in [9.17, 15) is 0 Å². The molecule has 0 atom stereocenters. The minimum atomic E-state index is 0.629. The summed E-state index contributed by atoms with van der Waals surface area (Å²) in [6, 6.07) is 2.04. The molecule has 0 saturated carbocycles. The lowest BCUT2D eigenvalue weighted by atomic mass is 10.2. The number of aromatic amines is 1. The van der Waals surface area contributed by atoms with E-state index in [1.165, 1.54) is 0 Å². The minimum Gasteiger partial charge on any atom is -0.356 e. The zero-order valence-electron chi connectivity index (χ0n) is 10.1. The second kappa shape index (κ2) is 4.51. The van der Waals surface area contributed by atoms with E-state index in [0.29, 0.717) is 5.92 Å². The first-order chi connectivity index (χ1) is 7.72. The van der Waals surface area contributed by atoms with Crippen molar-refractivity contribution >= 4 is 16.9 Å². The number of nitrogens with one attached hydrogen (secondary N) is 1. The lowest BCUT2D eigenvalue weighted by molar-refractivity contribution is 0.615. The molecular weight excluding hydrogens is 200 g/mol. The monoisotopic (exact) mass is 218 g/mol. The highest BCUT2D eigenvalue weighted by molar-refractivity contribution is 5.87. The van der Waals surface area contributed by atoms with E-state index in [-0.39, 0.29) is 0 Å². The van der Waals surface area contributed by atoms with E-state index < -0.39 is 0 Å². The number of nitrogens with zero attached hydrogens (tertiary/aromatic N) is 3. The van der Waals surface area contributed by atoms with Gasteiger partial charge in [0.05, 0.1) is 5.39 Å². The van der Waals surface area contributed by atoms with Crippen LogP contribution in [0.25, 0.3) is 11.0 Å². The van der Waals surface area contributed by atoms with Gasteiger partial charge in [-0.1, -0.05) is 13.8 Å². The molecule has 86 valence electrons. The third kappa shape index (κ3) is 2.01. The van der Waals surface area contributed by atoms with Gasteiger partial charge in [-0.2, -0.15) is 0 Å². The molecule has 0 bridgehead atoms. The predicted octanol–water partition coefficient (Wildman–Crippen LogP) is 2.44. The normalized spacial score (nSPS) is 11.2. The van der Waals surface area contributed by atoms with E-state index in [2.05, 4.69) is 40.6 Å². The van der Waals surface area contributed by atoms with Gasteiger partial charge in [0.15, 0.2) is 0 Å². The summed E-state index contributed by atoms with van der Waals surface area (Å²) in [5.74, 6) is 1.66. The molecule has 4 heteroatoms. The summed E-state index contributed by atoms with van der Waals surface area (Å²) in [6.07, 6.45) is 3.53. The zero-order valence-corrected chi connectivity index (χ0v) is 10.1. The highest BCUT2D eigenvalue weighted by atomic mass is 15.2. The van der Waals surface area contributed by atoms with Crippen molar-refractivity contribution in [2.45, 2.75) is 20.8 Å². The van der Waals surface area contributed by atoms with Crippen molar-refractivity contribution in [3.8, 4) is 0 Å². The van der Waals surface area contributed by atoms with Gasteiger partial charge in [-0.25, -0.2) is 9.97 Å². The maximum atomic E-state index is 4.40. The lowest BCUT2D eigenvalue weighted by Gasteiger charge is -2.24. The Hall–Kier alpha value is -1.58. The van der Waals surface area contributed by atoms with Crippen molar-refractivity contribution < 1.29 is 0 Å². The van der Waals surface area contributed by atoms with E-state index in [0.717, 1.165) is 29.9 Å². The Bertz CT molecular complexity index is 461. The Morgan fingerprint density at radius 1 is 1.38 bits per heavy atom. The summed E-state index contributed by atoms with van der Waals surface area (Å²) >= 11 is 0. The smallest absolute Gasteiger partial charge is 0.142 e. The summed E-state index contributed by atoms with van der Waals surface area (Å²) in [5, 5.41) is 1.10. The van der Waals surface area contributed by atoms with Gasteiger partial charge >= 0.3 is 0 Å². The molecule has 1 N–H and O–H groups in total. The Kier molecular flexibility index (Phi) is 3.08. The lowest BCUT2D eigenvalue weighted by Crippen LogP contribution is -2.28. The summed E-state index contributed by atoms with van der Waals surface area (Å²) < 4.78 is 0. The van der Waals surface area contributed by atoms with Crippen LogP contribution in [-0.4, -0.2) is 28.0 Å². The molecule has 0 amide bonds. The molecule has 0 spiro atoms. The second-order valence-electron chi connectivity index (χ2n) is 4.37. The van der Waals surface area contributed by atoms with Crippen molar-refractivity contribution in [3.05, 3.63) is 18.6 Å². The van der Waals surface area contributed by atoms with Gasteiger partial charge in [-0.3, -0.25) is 0 Å². The van der Waals surface area contributed by atoms with Gasteiger partial charge in [-0.05, 0) is 18.9 Å². The number of rotatable bonds is 4.